The lowest BCUT2D eigenvalue weighted by Gasteiger charge is -2.27. The first-order valence-corrected chi connectivity index (χ1v) is 8.35. The van der Waals surface area contributed by atoms with Gasteiger partial charge >= 0.3 is 6.09 Å². The lowest BCUT2D eigenvalue weighted by atomic mass is 10.1. The van der Waals surface area contributed by atoms with E-state index in [0.29, 0.717) is 13.0 Å². The van der Waals surface area contributed by atoms with Gasteiger partial charge in [0.1, 0.15) is 17.5 Å². The molecule has 0 bridgehead atoms. The van der Waals surface area contributed by atoms with Crippen LogP contribution in [-0.2, 0) is 16.0 Å². The fourth-order valence-corrected chi connectivity index (χ4v) is 2.68. The molecule has 0 radical (unpaired) electrons. The molecule has 0 saturated carbocycles. The highest BCUT2D eigenvalue weighted by molar-refractivity contribution is 5.86. The third-order valence-electron chi connectivity index (χ3n) is 3.84. The molecule has 1 saturated heterocycles. The number of rotatable bonds is 4. The molecule has 0 spiro atoms. The number of hydrogen-bond acceptors (Lipinski definition) is 4. The summed E-state index contributed by atoms with van der Waals surface area (Å²) in [6, 6.07) is 5.31. The Kier molecular flexibility index (Phi) is 6.00. The summed E-state index contributed by atoms with van der Waals surface area (Å²) in [5.41, 5.74) is 0.228. The van der Waals surface area contributed by atoms with Gasteiger partial charge in [0.15, 0.2) is 0 Å². The number of β-amino-alcohol motifs (C(OH)–C–C–N with tert-alkyl or cyclic N) is 1. The molecular weight excluding hydrogens is 327 g/mol. The molecule has 1 aliphatic heterocycles. The lowest BCUT2D eigenvalue weighted by Crippen LogP contribution is -2.47. The number of nitrogens with one attached hydrogen (secondary N) is 1. The second kappa shape index (κ2) is 7.82. The Balaban J connectivity index is 1.89. The van der Waals surface area contributed by atoms with Crippen LogP contribution in [0.2, 0.25) is 0 Å². The second-order valence-electron chi connectivity index (χ2n) is 7.21. The Labute approximate surface area is 147 Å². The zero-order chi connectivity index (χ0) is 18.6. The molecular formula is C18H25FN2O4. The SMILES string of the molecule is CC(C)(C)OC(=O)N1CC(O)CC1C(=O)NCCc1ccc(F)cc1. The third-order valence-corrected chi connectivity index (χ3v) is 3.84. The lowest BCUT2D eigenvalue weighted by molar-refractivity contribution is -0.125. The van der Waals surface area contributed by atoms with Crippen LogP contribution in [0.1, 0.15) is 32.8 Å². The van der Waals surface area contributed by atoms with Crippen LogP contribution in [0.15, 0.2) is 24.3 Å². The summed E-state index contributed by atoms with van der Waals surface area (Å²) in [4.78, 5) is 25.9. The minimum Gasteiger partial charge on any atom is -0.444 e. The molecule has 1 heterocycles. The molecule has 25 heavy (non-hydrogen) atoms. The summed E-state index contributed by atoms with van der Waals surface area (Å²) in [6.45, 7) is 5.67. The first kappa shape index (κ1) is 19.2. The number of carbonyl (C=O) groups excluding carboxylic acids is 2. The van der Waals surface area contributed by atoms with Gasteiger partial charge in [-0.2, -0.15) is 0 Å². The molecule has 0 aromatic heterocycles. The molecule has 1 aliphatic rings. The van der Waals surface area contributed by atoms with Crippen LogP contribution in [0.5, 0.6) is 0 Å². The summed E-state index contributed by atoms with van der Waals surface area (Å²) in [6.07, 6.45) is -0.627. The van der Waals surface area contributed by atoms with Crippen LogP contribution in [0, 0.1) is 5.82 Å². The Hall–Kier alpha value is -2.15. The Morgan fingerprint density at radius 3 is 2.56 bits per heavy atom. The predicted octanol–water partition coefficient (Wildman–Crippen LogP) is 1.85. The van der Waals surface area contributed by atoms with E-state index in [1.165, 1.54) is 17.0 Å². The standard InChI is InChI=1S/C18H25FN2O4/c1-18(2,3)25-17(24)21-11-14(22)10-15(21)16(23)20-9-8-12-4-6-13(19)7-5-12/h4-7,14-15,22H,8-11H2,1-3H3,(H,20,23). The van der Waals surface area contributed by atoms with Gasteiger partial charge in [0, 0.05) is 13.0 Å². The summed E-state index contributed by atoms with van der Waals surface area (Å²) in [5.74, 6) is -0.634. The molecule has 2 amide bonds. The molecule has 1 aromatic carbocycles. The third kappa shape index (κ3) is 5.70. The number of halogens is 1. The second-order valence-corrected chi connectivity index (χ2v) is 7.21. The average molecular weight is 352 g/mol. The molecule has 2 atom stereocenters. The van der Waals surface area contributed by atoms with Crippen molar-refractivity contribution in [3.8, 4) is 0 Å². The van der Waals surface area contributed by atoms with Gasteiger partial charge in [0.2, 0.25) is 5.91 Å². The molecule has 7 heteroatoms. The van der Waals surface area contributed by atoms with E-state index < -0.39 is 23.8 Å². The number of likely N-dealkylation sites (tertiary alicyclic amines) is 1. The molecule has 0 aliphatic carbocycles. The summed E-state index contributed by atoms with van der Waals surface area (Å²) < 4.78 is 18.2. The van der Waals surface area contributed by atoms with Crippen molar-refractivity contribution in [3.63, 3.8) is 0 Å². The quantitative estimate of drug-likeness (QED) is 0.867. The van der Waals surface area contributed by atoms with Crippen LogP contribution >= 0.6 is 0 Å². The number of aliphatic hydroxyl groups is 1. The van der Waals surface area contributed by atoms with Crippen molar-refractivity contribution in [2.75, 3.05) is 13.1 Å². The summed E-state index contributed by atoms with van der Waals surface area (Å²) in [5, 5.41) is 12.6. The van der Waals surface area contributed by atoms with Crippen LogP contribution in [0.4, 0.5) is 9.18 Å². The van der Waals surface area contributed by atoms with Crippen LogP contribution in [-0.4, -0.2) is 52.8 Å². The normalized spacial score (nSPS) is 20.4. The van der Waals surface area contributed by atoms with Crippen LogP contribution < -0.4 is 5.32 Å². The van der Waals surface area contributed by atoms with E-state index in [0.717, 1.165) is 5.56 Å². The van der Waals surface area contributed by atoms with Gasteiger partial charge in [0.05, 0.1) is 12.6 Å². The first-order valence-electron chi connectivity index (χ1n) is 8.35. The smallest absolute Gasteiger partial charge is 0.411 e. The maximum Gasteiger partial charge on any atom is 0.411 e. The van der Waals surface area contributed by atoms with Crippen molar-refractivity contribution in [1.82, 2.24) is 10.2 Å². The number of ether oxygens (including phenoxy) is 1. The number of hydrogen-bond donors (Lipinski definition) is 2. The van der Waals surface area contributed by atoms with Gasteiger partial charge < -0.3 is 15.2 Å². The Morgan fingerprint density at radius 2 is 1.96 bits per heavy atom. The van der Waals surface area contributed by atoms with Crippen molar-refractivity contribution in [1.29, 1.82) is 0 Å². The molecule has 2 N–H and O–H groups in total. The zero-order valence-corrected chi connectivity index (χ0v) is 14.8. The fraction of sp³-hybridized carbons (Fsp3) is 0.556. The van der Waals surface area contributed by atoms with Crippen molar-refractivity contribution >= 4 is 12.0 Å². The van der Waals surface area contributed by atoms with E-state index in [-0.39, 0.29) is 24.7 Å². The number of benzene rings is 1. The predicted molar refractivity (Wildman–Crippen MR) is 90.5 cm³/mol. The molecule has 1 aromatic rings. The highest BCUT2D eigenvalue weighted by atomic mass is 19.1. The highest BCUT2D eigenvalue weighted by Gasteiger charge is 2.40. The Morgan fingerprint density at radius 1 is 1.32 bits per heavy atom. The minimum atomic E-state index is -0.752. The summed E-state index contributed by atoms with van der Waals surface area (Å²) >= 11 is 0. The largest absolute Gasteiger partial charge is 0.444 e. The molecule has 1 fully saturated rings. The van der Waals surface area contributed by atoms with Crippen LogP contribution in [0.25, 0.3) is 0 Å². The van der Waals surface area contributed by atoms with E-state index in [4.69, 9.17) is 4.74 Å². The van der Waals surface area contributed by atoms with Gasteiger partial charge in [0.25, 0.3) is 0 Å². The minimum absolute atomic E-state index is 0.0744. The Bertz CT molecular complexity index is 612. The zero-order valence-electron chi connectivity index (χ0n) is 14.8. The molecule has 6 nitrogen and oxygen atoms in total. The van der Waals surface area contributed by atoms with E-state index in [1.54, 1.807) is 32.9 Å². The number of aliphatic hydroxyl groups excluding tert-OH is 1. The van der Waals surface area contributed by atoms with E-state index in [2.05, 4.69) is 5.32 Å². The topological polar surface area (TPSA) is 78.9 Å². The maximum absolute atomic E-state index is 12.9. The number of nitrogens with zero attached hydrogens (tertiary/aromatic N) is 1. The maximum atomic E-state index is 12.9. The van der Waals surface area contributed by atoms with E-state index >= 15 is 0 Å². The molecule has 138 valence electrons. The molecule has 2 rings (SSSR count). The van der Waals surface area contributed by atoms with Crippen molar-refractivity contribution in [3.05, 3.63) is 35.6 Å². The van der Waals surface area contributed by atoms with Gasteiger partial charge in [-0.15, -0.1) is 0 Å². The van der Waals surface area contributed by atoms with Crippen LogP contribution in [0.3, 0.4) is 0 Å². The highest BCUT2D eigenvalue weighted by Crippen LogP contribution is 2.21. The number of carbonyl (C=O) groups is 2. The fourth-order valence-electron chi connectivity index (χ4n) is 2.68. The van der Waals surface area contributed by atoms with E-state index in [9.17, 15) is 19.1 Å². The van der Waals surface area contributed by atoms with Crippen molar-refractivity contribution in [2.24, 2.45) is 0 Å². The average Bonchev–Trinajstić information content (AvgIpc) is 2.90. The van der Waals surface area contributed by atoms with Gasteiger partial charge in [-0.05, 0) is 44.9 Å². The van der Waals surface area contributed by atoms with Gasteiger partial charge in [-0.25, -0.2) is 9.18 Å². The van der Waals surface area contributed by atoms with E-state index in [1.807, 2.05) is 0 Å². The molecule has 2 unspecified atom stereocenters. The van der Waals surface area contributed by atoms with Gasteiger partial charge in [-0.1, -0.05) is 12.1 Å². The van der Waals surface area contributed by atoms with Gasteiger partial charge in [-0.3, -0.25) is 9.69 Å². The summed E-state index contributed by atoms with van der Waals surface area (Å²) in [7, 11) is 0. The first-order chi connectivity index (χ1) is 11.7. The van der Waals surface area contributed by atoms with Crippen molar-refractivity contribution < 1.29 is 23.8 Å². The number of amides is 2. The monoisotopic (exact) mass is 352 g/mol. The van der Waals surface area contributed by atoms with Crippen molar-refractivity contribution in [2.45, 2.75) is 51.4 Å².